The van der Waals surface area contributed by atoms with Gasteiger partial charge in [-0.25, -0.2) is 4.39 Å². The first-order valence-corrected chi connectivity index (χ1v) is 7.67. The number of nitrogens with zero attached hydrogens (tertiary/aromatic N) is 2. The van der Waals surface area contributed by atoms with Crippen LogP contribution >= 0.6 is 11.8 Å². The highest BCUT2D eigenvalue weighted by Crippen LogP contribution is 2.27. The first-order chi connectivity index (χ1) is 10.1. The van der Waals surface area contributed by atoms with Crippen LogP contribution in [0.3, 0.4) is 0 Å². The number of hydrogen-bond acceptors (Lipinski definition) is 6. The van der Waals surface area contributed by atoms with Crippen LogP contribution in [0.4, 0.5) is 4.39 Å². The van der Waals surface area contributed by atoms with Crippen LogP contribution in [0.15, 0.2) is 22.2 Å². The maximum Gasteiger partial charge on any atom is 0.188 e. The molecule has 2 rings (SSSR count). The standard InChI is InChI=1S/C14H18FN3O2S/c1-8-5-10(15)12(11(6-8)20-7-19-3)13-9(2)16-14(21-4)18-17-13/h5-6,9H,7H2,1-4H3,(H,16,18). The molecule has 5 nitrogen and oxygen atoms in total. The van der Waals surface area contributed by atoms with Crippen LogP contribution in [-0.2, 0) is 4.74 Å². The Kier molecular flexibility index (Phi) is 5.19. The predicted octanol–water partition coefficient (Wildman–Crippen LogP) is 2.53. The molecule has 0 amide bonds. The second-order valence-electron chi connectivity index (χ2n) is 4.59. The lowest BCUT2D eigenvalue weighted by Gasteiger charge is -2.21. The van der Waals surface area contributed by atoms with Crippen LogP contribution in [0.25, 0.3) is 0 Å². The minimum atomic E-state index is -0.378. The van der Waals surface area contributed by atoms with Crippen molar-refractivity contribution in [2.24, 2.45) is 10.1 Å². The van der Waals surface area contributed by atoms with Crippen molar-refractivity contribution < 1.29 is 13.9 Å². The summed E-state index contributed by atoms with van der Waals surface area (Å²) in [6, 6.07) is 2.97. The number of hydrazone groups is 1. The zero-order valence-electron chi connectivity index (χ0n) is 12.4. The lowest BCUT2D eigenvalue weighted by atomic mass is 10.0. The van der Waals surface area contributed by atoms with Gasteiger partial charge in [0.15, 0.2) is 12.0 Å². The highest BCUT2D eigenvalue weighted by molar-refractivity contribution is 8.13. The van der Waals surface area contributed by atoms with E-state index in [4.69, 9.17) is 9.47 Å². The van der Waals surface area contributed by atoms with Gasteiger partial charge in [0.2, 0.25) is 0 Å². The van der Waals surface area contributed by atoms with Gasteiger partial charge in [-0.1, -0.05) is 11.8 Å². The van der Waals surface area contributed by atoms with Gasteiger partial charge in [0, 0.05) is 7.11 Å². The topological polar surface area (TPSA) is 55.2 Å². The second-order valence-corrected chi connectivity index (χ2v) is 5.39. The molecule has 7 heteroatoms. The molecule has 0 aromatic heterocycles. The molecule has 0 saturated carbocycles. The predicted molar refractivity (Wildman–Crippen MR) is 83.7 cm³/mol. The first kappa shape index (κ1) is 15.8. The van der Waals surface area contributed by atoms with E-state index in [1.165, 1.54) is 24.9 Å². The Balaban J connectivity index is 2.41. The second kappa shape index (κ2) is 6.91. The van der Waals surface area contributed by atoms with Crippen LogP contribution in [-0.4, -0.2) is 37.1 Å². The molecule has 0 saturated heterocycles. The summed E-state index contributed by atoms with van der Waals surface area (Å²) in [6.45, 7) is 3.72. The minimum Gasteiger partial charge on any atom is -0.467 e. The number of rotatable bonds is 4. The van der Waals surface area contributed by atoms with E-state index in [1.54, 1.807) is 13.0 Å². The van der Waals surface area contributed by atoms with E-state index < -0.39 is 0 Å². The lowest BCUT2D eigenvalue weighted by molar-refractivity contribution is 0.0507. The molecule has 0 fully saturated rings. The summed E-state index contributed by atoms with van der Waals surface area (Å²) in [5.41, 5.74) is 4.42. The highest BCUT2D eigenvalue weighted by Gasteiger charge is 2.24. The molecule has 114 valence electrons. The number of hydrogen-bond donors (Lipinski definition) is 1. The largest absolute Gasteiger partial charge is 0.467 e. The Labute approximate surface area is 127 Å². The van der Waals surface area contributed by atoms with Crippen molar-refractivity contribution in [3.8, 4) is 5.75 Å². The summed E-state index contributed by atoms with van der Waals surface area (Å²) >= 11 is 1.46. The van der Waals surface area contributed by atoms with E-state index in [-0.39, 0.29) is 18.7 Å². The monoisotopic (exact) mass is 311 g/mol. The van der Waals surface area contributed by atoms with E-state index >= 15 is 0 Å². The van der Waals surface area contributed by atoms with Crippen LogP contribution in [0.5, 0.6) is 5.75 Å². The van der Waals surface area contributed by atoms with Gasteiger partial charge in [-0.15, -0.1) is 0 Å². The molecule has 1 atom stereocenters. The van der Waals surface area contributed by atoms with Crippen molar-refractivity contribution >= 4 is 22.6 Å². The normalized spacial score (nSPS) is 17.9. The molecular weight excluding hydrogens is 293 g/mol. The van der Waals surface area contributed by atoms with E-state index in [1.807, 2.05) is 13.2 Å². The molecular formula is C14H18FN3O2S. The van der Waals surface area contributed by atoms with E-state index in [0.717, 1.165) is 5.56 Å². The van der Waals surface area contributed by atoms with Crippen molar-refractivity contribution in [2.75, 3.05) is 20.2 Å². The Morgan fingerprint density at radius 2 is 2.19 bits per heavy atom. The zero-order valence-corrected chi connectivity index (χ0v) is 13.3. The van der Waals surface area contributed by atoms with Crippen molar-refractivity contribution in [2.45, 2.75) is 19.9 Å². The van der Waals surface area contributed by atoms with Crippen molar-refractivity contribution in [3.05, 3.63) is 29.1 Å². The van der Waals surface area contributed by atoms with Gasteiger partial charge in [0.05, 0.1) is 17.3 Å². The third-order valence-electron chi connectivity index (χ3n) is 2.96. The molecule has 0 radical (unpaired) electrons. The summed E-state index contributed by atoms with van der Waals surface area (Å²) in [4.78, 5) is 4.43. The molecule has 0 bridgehead atoms. The molecule has 0 spiro atoms. The molecule has 1 unspecified atom stereocenters. The molecule has 1 N–H and O–H groups in total. The number of aliphatic imine (C=N–C) groups is 1. The average molecular weight is 311 g/mol. The SMILES string of the molecule is COCOc1cc(C)cc(F)c1C1=NNC(SC)=NC1C. The van der Waals surface area contributed by atoms with Crippen molar-refractivity contribution in [1.29, 1.82) is 0 Å². The number of methoxy groups -OCH3 is 1. The maximum absolute atomic E-state index is 14.4. The average Bonchev–Trinajstić information content (AvgIpc) is 2.45. The fourth-order valence-electron chi connectivity index (χ4n) is 2.03. The van der Waals surface area contributed by atoms with Gasteiger partial charge in [-0.3, -0.25) is 10.4 Å². The summed E-state index contributed by atoms with van der Waals surface area (Å²) in [6.07, 6.45) is 1.90. The summed E-state index contributed by atoms with van der Waals surface area (Å²) in [5, 5.41) is 4.95. The number of benzene rings is 1. The fourth-order valence-corrected chi connectivity index (χ4v) is 2.43. The number of halogens is 1. The summed E-state index contributed by atoms with van der Waals surface area (Å²) in [7, 11) is 1.52. The third-order valence-corrected chi connectivity index (χ3v) is 3.54. The van der Waals surface area contributed by atoms with Gasteiger partial charge < -0.3 is 9.47 Å². The Hall–Kier alpha value is -1.60. The lowest BCUT2D eigenvalue weighted by Crippen LogP contribution is -2.31. The maximum atomic E-state index is 14.4. The zero-order chi connectivity index (χ0) is 15.4. The van der Waals surface area contributed by atoms with Gasteiger partial charge >= 0.3 is 0 Å². The number of amidine groups is 1. The fraction of sp³-hybridized carbons (Fsp3) is 0.429. The summed E-state index contributed by atoms with van der Waals surface area (Å²) < 4.78 is 24.8. The van der Waals surface area contributed by atoms with Crippen molar-refractivity contribution in [3.63, 3.8) is 0 Å². The van der Waals surface area contributed by atoms with Gasteiger partial charge in [-0.2, -0.15) is 5.10 Å². The number of thioether (sulfide) groups is 1. The molecule has 0 aliphatic carbocycles. The highest BCUT2D eigenvalue weighted by atomic mass is 32.2. The quantitative estimate of drug-likeness (QED) is 0.868. The summed E-state index contributed by atoms with van der Waals surface area (Å²) in [5.74, 6) is 0.0286. The Bertz CT molecular complexity index is 590. The smallest absolute Gasteiger partial charge is 0.188 e. The Morgan fingerprint density at radius 3 is 2.81 bits per heavy atom. The van der Waals surface area contributed by atoms with Crippen LogP contribution in [0.1, 0.15) is 18.1 Å². The molecule has 1 aliphatic heterocycles. The van der Waals surface area contributed by atoms with Gasteiger partial charge in [-0.05, 0) is 37.8 Å². The molecule has 1 aliphatic rings. The molecule has 1 aromatic rings. The van der Waals surface area contributed by atoms with Gasteiger partial charge in [0.1, 0.15) is 11.6 Å². The molecule has 21 heavy (non-hydrogen) atoms. The number of nitrogens with one attached hydrogen (secondary N) is 1. The third kappa shape index (κ3) is 3.54. The van der Waals surface area contributed by atoms with E-state index in [9.17, 15) is 4.39 Å². The van der Waals surface area contributed by atoms with Crippen LogP contribution in [0.2, 0.25) is 0 Å². The van der Waals surface area contributed by atoms with Crippen molar-refractivity contribution in [1.82, 2.24) is 5.43 Å². The minimum absolute atomic E-state index is 0.0459. The first-order valence-electron chi connectivity index (χ1n) is 6.44. The molecule has 1 aromatic carbocycles. The van der Waals surface area contributed by atoms with Crippen LogP contribution < -0.4 is 10.2 Å². The number of aryl methyl sites for hydroxylation is 1. The van der Waals surface area contributed by atoms with E-state index in [0.29, 0.717) is 22.2 Å². The van der Waals surface area contributed by atoms with Crippen LogP contribution in [0, 0.1) is 12.7 Å². The Morgan fingerprint density at radius 1 is 1.43 bits per heavy atom. The number of ether oxygens (including phenoxy) is 2. The van der Waals surface area contributed by atoms with Gasteiger partial charge in [0.25, 0.3) is 0 Å². The van der Waals surface area contributed by atoms with E-state index in [2.05, 4.69) is 15.5 Å². The molecule has 1 heterocycles.